The first-order valence-electron chi connectivity index (χ1n) is 7.16. The number of epoxide rings is 1. The Morgan fingerprint density at radius 2 is 2.00 bits per heavy atom. The van der Waals surface area contributed by atoms with Crippen LogP contribution in [0.4, 0.5) is 0 Å². The molecule has 114 valence electrons. The predicted octanol–water partition coefficient (Wildman–Crippen LogP) is 3.68. The standard InChI is InChI=1S/C16H20ClNO3/c1-15(2,3)16(10-20-16)14-8-13(21-18-14)9-19-12-6-4-11(17)5-7-12/h4-7,13H,8-10H2,1-3H3. The normalized spacial score (nSPS) is 28.0. The van der Waals surface area contributed by atoms with Crippen LogP contribution >= 0.6 is 11.6 Å². The van der Waals surface area contributed by atoms with E-state index in [1.165, 1.54) is 0 Å². The molecule has 2 heterocycles. The van der Waals surface area contributed by atoms with Crippen molar-refractivity contribution in [2.45, 2.75) is 38.9 Å². The molecule has 0 aromatic heterocycles. The zero-order chi connectivity index (χ0) is 15.1. The Labute approximate surface area is 130 Å². The number of oxime groups is 1. The van der Waals surface area contributed by atoms with Crippen LogP contribution in [0, 0.1) is 5.41 Å². The van der Waals surface area contributed by atoms with Crippen molar-refractivity contribution in [2.24, 2.45) is 10.6 Å². The highest BCUT2D eigenvalue weighted by atomic mass is 35.5. The number of hydrogen-bond donors (Lipinski definition) is 0. The Kier molecular flexibility index (Phi) is 3.62. The molecule has 2 atom stereocenters. The minimum absolute atomic E-state index is 0.0289. The molecule has 0 spiro atoms. The third-order valence-electron chi connectivity index (χ3n) is 4.09. The minimum Gasteiger partial charge on any atom is -0.490 e. The quantitative estimate of drug-likeness (QED) is 0.797. The highest BCUT2D eigenvalue weighted by molar-refractivity contribution is 6.30. The van der Waals surface area contributed by atoms with Gasteiger partial charge in [-0.2, -0.15) is 0 Å². The van der Waals surface area contributed by atoms with E-state index >= 15 is 0 Å². The van der Waals surface area contributed by atoms with Crippen molar-refractivity contribution in [2.75, 3.05) is 13.2 Å². The third-order valence-corrected chi connectivity index (χ3v) is 4.35. The number of hydrogen-bond acceptors (Lipinski definition) is 4. The number of benzene rings is 1. The van der Waals surface area contributed by atoms with E-state index in [-0.39, 0.29) is 17.1 Å². The molecule has 1 aromatic carbocycles. The van der Waals surface area contributed by atoms with Gasteiger partial charge in [-0.3, -0.25) is 0 Å². The van der Waals surface area contributed by atoms with Crippen LogP contribution < -0.4 is 4.74 Å². The van der Waals surface area contributed by atoms with E-state index < -0.39 is 0 Å². The van der Waals surface area contributed by atoms with Crippen molar-refractivity contribution in [3.8, 4) is 5.75 Å². The van der Waals surface area contributed by atoms with Crippen LogP contribution in [0.15, 0.2) is 29.4 Å². The zero-order valence-corrected chi connectivity index (χ0v) is 13.3. The van der Waals surface area contributed by atoms with Gasteiger partial charge in [0.25, 0.3) is 0 Å². The van der Waals surface area contributed by atoms with Gasteiger partial charge in [0.2, 0.25) is 0 Å². The van der Waals surface area contributed by atoms with Crippen molar-refractivity contribution in [1.82, 2.24) is 0 Å². The van der Waals surface area contributed by atoms with Crippen molar-refractivity contribution in [3.05, 3.63) is 29.3 Å². The summed E-state index contributed by atoms with van der Waals surface area (Å²) in [7, 11) is 0. The molecule has 4 nitrogen and oxygen atoms in total. The summed E-state index contributed by atoms with van der Waals surface area (Å²) < 4.78 is 11.4. The lowest BCUT2D eigenvalue weighted by Crippen LogP contribution is -2.38. The molecule has 3 rings (SSSR count). The molecule has 2 aliphatic heterocycles. The van der Waals surface area contributed by atoms with Gasteiger partial charge in [-0.25, -0.2) is 0 Å². The molecule has 0 N–H and O–H groups in total. The van der Waals surface area contributed by atoms with E-state index in [1.807, 2.05) is 12.1 Å². The largest absolute Gasteiger partial charge is 0.490 e. The summed E-state index contributed by atoms with van der Waals surface area (Å²) in [5.41, 5.74) is 0.781. The van der Waals surface area contributed by atoms with Gasteiger partial charge >= 0.3 is 0 Å². The smallest absolute Gasteiger partial charge is 0.166 e. The first-order valence-corrected chi connectivity index (χ1v) is 7.54. The molecule has 0 radical (unpaired) electrons. The average molecular weight is 310 g/mol. The Hall–Kier alpha value is -1.26. The summed E-state index contributed by atoms with van der Waals surface area (Å²) in [5, 5.41) is 4.93. The van der Waals surface area contributed by atoms with Gasteiger partial charge in [0.05, 0.1) is 12.3 Å². The van der Waals surface area contributed by atoms with Crippen molar-refractivity contribution in [1.29, 1.82) is 0 Å². The van der Waals surface area contributed by atoms with Crippen molar-refractivity contribution >= 4 is 17.3 Å². The predicted molar refractivity (Wildman–Crippen MR) is 82.0 cm³/mol. The second-order valence-corrected chi connectivity index (χ2v) is 7.04. The third kappa shape index (κ3) is 2.87. The van der Waals surface area contributed by atoms with Crippen LogP contribution in [0.25, 0.3) is 0 Å². The topological polar surface area (TPSA) is 43.4 Å². The van der Waals surface area contributed by atoms with E-state index in [0.717, 1.165) is 24.5 Å². The maximum atomic E-state index is 5.85. The summed E-state index contributed by atoms with van der Waals surface area (Å²) in [5.74, 6) is 0.782. The first kappa shape index (κ1) is 14.7. The Bertz CT molecular complexity index is 544. The molecule has 0 amide bonds. The summed E-state index contributed by atoms with van der Waals surface area (Å²) in [4.78, 5) is 5.49. The molecule has 0 aliphatic carbocycles. The molecule has 1 saturated heterocycles. The lowest BCUT2D eigenvalue weighted by Gasteiger charge is -2.26. The molecular formula is C16H20ClNO3. The van der Waals surface area contributed by atoms with Gasteiger partial charge in [0.15, 0.2) is 6.10 Å². The van der Waals surface area contributed by atoms with Crippen LogP contribution in [0.1, 0.15) is 27.2 Å². The Morgan fingerprint density at radius 1 is 1.33 bits per heavy atom. The summed E-state index contributed by atoms with van der Waals surface area (Å²) >= 11 is 5.85. The first-order chi connectivity index (χ1) is 9.91. The lowest BCUT2D eigenvalue weighted by atomic mass is 9.76. The molecule has 1 aromatic rings. The molecular weight excluding hydrogens is 290 g/mol. The highest BCUT2D eigenvalue weighted by Gasteiger charge is 2.59. The maximum absolute atomic E-state index is 5.85. The Balaban J connectivity index is 1.54. The van der Waals surface area contributed by atoms with E-state index in [0.29, 0.717) is 11.6 Å². The van der Waals surface area contributed by atoms with Gasteiger partial charge in [0, 0.05) is 11.4 Å². The second-order valence-electron chi connectivity index (χ2n) is 6.60. The fourth-order valence-corrected chi connectivity index (χ4v) is 2.71. The fraction of sp³-hybridized carbons (Fsp3) is 0.562. The molecule has 2 unspecified atom stereocenters. The zero-order valence-electron chi connectivity index (χ0n) is 12.6. The Morgan fingerprint density at radius 3 is 2.57 bits per heavy atom. The monoisotopic (exact) mass is 309 g/mol. The van der Waals surface area contributed by atoms with Crippen molar-refractivity contribution < 1.29 is 14.3 Å². The SMILES string of the molecule is CC(C)(C)C1(C2=NOC(COc3ccc(Cl)cc3)C2)CO1. The van der Waals surface area contributed by atoms with Crippen molar-refractivity contribution in [3.63, 3.8) is 0 Å². The fourth-order valence-electron chi connectivity index (χ4n) is 2.58. The number of rotatable bonds is 4. The van der Waals surface area contributed by atoms with Gasteiger partial charge < -0.3 is 14.3 Å². The molecule has 21 heavy (non-hydrogen) atoms. The highest BCUT2D eigenvalue weighted by Crippen LogP contribution is 2.47. The van der Waals surface area contributed by atoms with Crippen LogP contribution in [0.3, 0.4) is 0 Å². The summed E-state index contributed by atoms with van der Waals surface area (Å²) in [6, 6.07) is 7.31. The molecule has 2 aliphatic rings. The molecule has 0 saturated carbocycles. The van der Waals surface area contributed by atoms with E-state index in [4.69, 9.17) is 25.9 Å². The maximum Gasteiger partial charge on any atom is 0.166 e. The number of halogens is 1. The van der Waals surface area contributed by atoms with E-state index in [1.54, 1.807) is 12.1 Å². The molecule has 1 fully saturated rings. The van der Waals surface area contributed by atoms with Gasteiger partial charge in [-0.05, 0) is 29.7 Å². The second kappa shape index (κ2) is 5.18. The molecule has 0 bridgehead atoms. The van der Waals surface area contributed by atoms with Crippen LogP contribution in [0.2, 0.25) is 5.02 Å². The lowest BCUT2D eigenvalue weighted by molar-refractivity contribution is 0.0470. The van der Waals surface area contributed by atoms with Gasteiger partial charge in [-0.15, -0.1) is 0 Å². The van der Waals surface area contributed by atoms with Crippen LogP contribution in [-0.4, -0.2) is 30.6 Å². The van der Waals surface area contributed by atoms with Gasteiger partial charge in [-0.1, -0.05) is 37.5 Å². The minimum atomic E-state index is -0.248. The summed E-state index contributed by atoms with van der Waals surface area (Å²) in [6.07, 6.45) is 0.698. The van der Waals surface area contributed by atoms with Crippen LogP contribution in [0.5, 0.6) is 5.75 Å². The molecule has 5 heteroatoms. The van der Waals surface area contributed by atoms with E-state index in [2.05, 4.69) is 25.9 Å². The average Bonchev–Trinajstić information content (AvgIpc) is 3.12. The van der Waals surface area contributed by atoms with Gasteiger partial charge in [0.1, 0.15) is 18.0 Å². The number of nitrogens with zero attached hydrogens (tertiary/aromatic N) is 1. The number of ether oxygens (including phenoxy) is 2. The summed E-state index contributed by atoms with van der Waals surface area (Å²) in [6.45, 7) is 7.69. The van der Waals surface area contributed by atoms with Crippen LogP contribution in [-0.2, 0) is 9.57 Å². The van der Waals surface area contributed by atoms with E-state index in [9.17, 15) is 0 Å².